The molecule has 0 spiro atoms. The Labute approximate surface area is 135 Å². The molecule has 0 bridgehead atoms. The van der Waals surface area contributed by atoms with E-state index in [-0.39, 0.29) is 11.0 Å². The second-order valence-electron chi connectivity index (χ2n) is 6.18. The van der Waals surface area contributed by atoms with Crippen molar-refractivity contribution in [2.24, 2.45) is 17.6 Å². The van der Waals surface area contributed by atoms with Gasteiger partial charge in [0, 0.05) is 16.8 Å². The van der Waals surface area contributed by atoms with E-state index in [1.807, 2.05) is 5.38 Å². The largest absolute Gasteiger partial charge is 0.375 e. The molecule has 1 atom stereocenters. The first-order valence-electron chi connectivity index (χ1n) is 7.35. The van der Waals surface area contributed by atoms with Crippen molar-refractivity contribution in [1.82, 2.24) is 10.4 Å². The number of hydrazine groups is 1. The Bertz CT molecular complexity index is 539. The smallest absolute Gasteiger partial charge is 0.270 e. The van der Waals surface area contributed by atoms with Gasteiger partial charge in [-0.3, -0.25) is 15.2 Å². The number of nitrogens with zero attached hydrogens (tertiary/aromatic N) is 1. The fourth-order valence-electron chi connectivity index (χ4n) is 2.61. The van der Waals surface area contributed by atoms with E-state index in [0.717, 1.165) is 24.8 Å². The molecule has 116 valence electrons. The second-order valence-corrected chi connectivity index (χ2v) is 7.57. The lowest BCUT2D eigenvalue weighted by atomic mass is 9.88. The maximum Gasteiger partial charge on any atom is 0.270 e. The second kappa shape index (κ2) is 6.75. The molecule has 1 amide bonds. The number of thiocarbonyl (C=S) groups is 1. The van der Waals surface area contributed by atoms with Gasteiger partial charge in [-0.25, -0.2) is 0 Å². The van der Waals surface area contributed by atoms with Crippen molar-refractivity contribution in [3.63, 3.8) is 0 Å². The van der Waals surface area contributed by atoms with E-state index < -0.39 is 0 Å². The minimum Gasteiger partial charge on any atom is -0.375 e. The van der Waals surface area contributed by atoms with Crippen molar-refractivity contribution in [1.29, 1.82) is 0 Å². The maximum atomic E-state index is 12.5. The molecule has 0 fully saturated rings. The van der Waals surface area contributed by atoms with Crippen LogP contribution in [0.2, 0.25) is 0 Å². The van der Waals surface area contributed by atoms with Crippen LogP contribution in [-0.2, 0) is 12.8 Å². The number of nitrogens with two attached hydrogens (primary N) is 1. The molecule has 21 heavy (non-hydrogen) atoms. The quantitative estimate of drug-likeness (QED) is 0.663. The first-order valence-corrected chi connectivity index (χ1v) is 8.64. The number of carbonyl (C=O) groups excluding carboxylic acids is 1. The maximum absolute atomic E-state index is 12.5. The van der Waals surface area contributed by atoms with Crippen LogP contribution in [0.4, 0.5) is 0 Å². The van der Waals surface area contributed by atoms with E-state index in [1.54, 1.807) is 16.3 Å². The van der Waals surface area contributed by atoms with E-state index in [1.165, 1.54) is 10.4 Å². The van der Waals surface area contributed by atoms with Crippen molar-refractivity contribution >= 4 is 34.6 Å². The molecule has 1 aromatic rings. The van der Waals surface area contributed by atoms with Gasteiger partial charge in [-0.2, -0.15) is 0 Å². The molecule has 1 unspecified atom stereocenters. The SMILES string of the molecule is CC(C)CN(NC(=O)c1csc2c1CCC(C)C2)C(N)=S. The number of hydrogen-bond donors (Lipinski definition) is 2. The van der Waals surface area contributed by atoms with Gasteiger partial charge in [0.15, 0.2) is 5.11 Å². The van der Waals surface area contributed by atoms with Crippen molar-refractivity contribution in [3.05, 3.63) is 21.4 Å². The zero-order valence-corrected chi connectivity index (χ0v) is 14.4. The molecule has 0 saturated carbocycles. The first-order chi connectivity index (χ1) is 9.88. The lowest BCUT2D eigenvalue weighted by molar-refractivity contribution is 0.0862. The van der Waals surface area contributed by atoms with Crippen LogP contribution < -0.4 is 11.2 Å². The highest BCUT2D eigenvalue weighted by molar-refractivity contribution is 7.80. The number of hydrogen-bond acceptors (Lipinski definition) is 3. The summed E-state index contributed by atoms with van der Waals surface area (Å²) in [6.45, 7) is 7.00. The molecule has 0 saturated heterocycles. The number of carbonyl (C=O) groups is 1. The highest BCUT2D eigenvalue weighted by Gasteiger charge is 2.24. The van der Waals surface area contributed by atoms with E-state index in [4.69, 9.17) is 18.0 Å². The molecule has 1 aliphatic carbocycles. The highest BCUT2D eigenvalue weighted by Crippen LogP contribution is 2.32. The van der Waals surface area contributed by atoms with E-state index in [9.17, 15) is 4.79 Å². The third-order valence-corrected chi connectivity index (χ3v) is 4.97. The summed E-state index contributed by atoms with van der Waals surface area (Å²) in [4.78, 5) is 13.8. The molecule has 1 aromatic heterocycles. The van der Waals surface area contributed by atoms with Crippen LogP contribution in [0.25, 0.3) is 0 Å². The Morgan fingerprint density at radius 1 is 1.62 bits per heavy atom. The van der Waals surface area contributed by atoms with E-state index >= 15 is 0 Å². The van der Waals surface area contributed by atoms with Gasteiger partial charge in [-0.15, -0.1) is 11.3 Å². The van der Waals surface area contributed by atoms with Gasteiger partial charge in [0.2, 0.25) is 0 Å². The van der Waals surface area contributed by atoms with Crippen molar-refractivity contribution in [2.45, 2.75) is 40.0 Å². The van der Waals surface area contributed by atoms with Gasteiger partial charge in [0.1, 0.15) is 0 Å². The zero-order chi connectivity index (χ0) is 15.6. The van der Waals surface area contributed by atoms with Gasteiger partial charge in [0.25, 0.3) is 5.91 Å². The third-order valence-electron chi connectivity index (χ3n) is 3.70. The lowest BCUT2D eigenvalue weighted by Gasteiger charge is -2.25. The number of fused-ring (bicyclic) bond motifs is 1. The number of thiophene rings is 1. The monoisotopic (exact) mass is 325 g/mol. The van der Waals surface area contributed by atoms with Crippen LogP contribution in [0.5, 0.6) is 0 Å². The molecule has 0 aliphatic heterocycles. The molecule has 1 heterocycles. The Balaban J connectivity index is 2.11. The Morgan fingerprint density at radius 2 is 2.33 bits per heavy atom. The zero-order valence-electron chi connectivity index (χ0n) is 12.8. The summed E-state index contributed by atoms with van der Waals surface area (Å²) in [7, 11) is 0. The van der Waals surface area contributed by atoms with Gasteiger partial charge in [-0.05, 0) is 48.9 Å². The van der Waals surface area contributed by atoms with Crippen LogP contribution >= 0.6 is 23.6 Å². The van der Waals surface area contributed by atoms with Gasteiger partial charge in [-0.1, -0.05) is 20.8 Å². The Hall–Kier alpha value is -1.14. The standard InChI is InChI=1S/C15H23N3OS2/c1-9(2)7-18(15(16)20)17-14(19)12-8-21-13-6-10(3)4-5-11(12)13/h8-10H,4-7H2,1-3H3,(H2,16,20)(H,17,19). The molecule has 1 aliphatic rings. The summed E-state index contributed by atoms with van der Waals surface area (Å²) < 4.78 is 0. The summed E-state index contributed by atoms with van der Waals surface area (Å²) in [5.74, 6) is 0.973. The Morgan fingerprint density at radius 3 is 2.95 bits per heavy atom. The summed E-state index contributed by atoms with van der Waals surface area (Å²) in [5, 5.41) is 3.73. The fraction of sp³-hybridized carbons (Fsp3) is 0.600. The van der Waals surface area contributed by atoms with Crippen molar-refractivity contribution in [2.75, 3.05) is 6.54 Å². The molecular formula is C15H23N3OS2. The van der Waals surface area contributed by atoms with Gasteiger partial charge in [0.05, 0.1) is 5.56 Å². The van der Waals surface area contributed by atoms with Gasteiger partial charge >= 0.3 is 0 Å². The van der Waals surface area contributed by atoms with Crippen LogP contribution in [0.1, 0.15) is 48.0 Å². The van der Waals surface area contributed by atoms with Crippen LogP contribution in [0, 0.1) is 11.8 Å². The van der Waals surface area contributed by atoms with E-state index in [2.05, 4.69) is 26.2 Å². The molecule has 4 nitrogen and oxygen atoms in total. The summed E-state index contributed by atoms with van der Waals surface area (Å²) in [6.07, 6.45) is 3.22. The Kier molecular flexibility index (Phi) is 5.22. The third kappa shape index (κ3) is 3.95. The minimum atomic E-state index is -0.101. The van der Waals surface area contributed by atoms with Gasteiger partial charge < -0.3 is 5.73 Å². The predicted octanol–water partition coefficient (Wildman–Crippen LogP) is 2.72. The lowest BCUT2D eigenvalue weighted by Crippen LogP contribution is -2.50. The average molecular weight is 326 g/mol. The summed E-state index contributed by atoms with van der Waals surface area (Å²) >= 11 is 6.70. The van der Waals surface area contributed by atoms with Crippen LogP contribution in [0.3, 0.4) is 0 Å². The molecule has 2 rings (SSSR count). The normalized spacial score (nSPS) is 17.4. The number of amides is 1. The molecule has 0 radical (unpaired) electrons. The number of nitrogens with one attached hydrogen (secondary N) is 1. The van der Waals surface area contributed by atoms with Crippen molar-refractivity contribution < 1.29 is 4.79 Å². The average Bonchev–Trinajstić information content (AvgIpc) is 2.80. The number of rotatable bonds is 3. The summed E-state index contributed by atoms with van der Waals surface area (Å²) in [5.41, 5.74) is 10.5. The van der Waals surface area contributed by atoms with E-state index in [0.29, 0.717) is 18.4 Å². The van der Waals surface area contributed by atoms with Crippen LogP contribution in [0.15, 0.2) is 5.38 Å². The predicted molar refractivity (Wildman–Crippen MR) is 91.3 cm³/mol. The molecule has 3 N–H and O–H groups in total. The minimum absolute atomic E-state index is 0.101. The van der Waals surface area contributed by atoms with Crippen molar-refractivity contribution in [3.8, 4) is 0 Å². The molecular weight excluding hydrogens is 302 g/mol. The fourth-order valence-corrected chi connectivity index (χ4v) is 3.97. The first kappa shape index (κ1) is 16.2. The highest BCUT2D eigenvalue weighted by atomic mass is 32.1. The molecule has 6 heteroatoms. The van der Waals surface area contributed by atoms with Crippen LogP contribution in [-0.4, -0.2) is 22.6 Å². The topological polar surface area (TPSA) is 58.4 Å². The molecule has 0 aromatic carbocycles. The summed E-state index contributed by atoms with van der Waals surface area (Å²) in [6, 6.07) is 0.